The third kappa shape index (κ3) is 4.71. The van der Waals surface area contributed by atoms with E-state index in [0.29, 0.717) is 6.54 Å². The van der Waals surface area contributed by atoms with Gasteiger partial charge in [0.2, 0.25) is 0 Å². The summed E-state index contributed by atoms with van der Waals surface area (Å²) >= 11 is 3.52. The van der Waals surface area contributed by atoms with Gasteiger partial charge in [0, 0.05) is 34.9 Å². The first-order valence-corrected chi connectivity index (χ1v) is 11.0. The lowest BCUT2D eigenvalue weighted by Crippen LogP contribution is -2.45. The van der Waals surface area contributed by atoms with Crippen LogP contribution in [0.15, 0.2) is 28.9 Å². The number of aromatic nitrogens is 3. The van der Waals surface area contributed by atoms with Gasteiger partial charge in [0.1, 0.15) is 11.3 Å². The lowest BCUT2D eigenvalue weighted by atomic mass is 10.1. The van der Waals surface area contributed by atoms with Gasteiger partial charge in [-0.3, -0.25) is 4.98 Å². The fraction of sp³-hybridized carbons (Fsp3) is 0.500. The van der Waals surface area contributed by atoms with Crippen molar-refractivity contribution in [3.05, 3.63) is 34.7 Å². The molecule has 0 unspecified atom stereocenters. The highest BCUT2D eigenvalue weighted by Gasteiger charge is 2.25. The van der Waals surface area contributed by atoms with Crippen molar-refractivity contribution < 1.29 is 9.90 Å². The molecule has 1 amide bonds. The molecule has 0 aliphatic rings. The Morgan fingerprint density at radius 3 is 2.66 bits per heavy atom. The first-order chi connectivity index (χ1) is 13.7. The van der Waals surface area contributed by atoms with Crippen LogP contribution in [0.2, 0.25) is 0 Å². The highest BCUT2D eigenvalue weighted by molar-refractivity contribution is 9.10. The average molecular weight is 461 g/mol. The molecule has 0 atom stereocenters. The van der Waals surface area contributed by atoms with Crippen molar-refractivity contribution in [1.82, 2.24) is 19.4 Å². The summed E-state index contributed by atoms with van der Waals surface area (Å²) in [6, 6.07) is 6.16. The summed E-state index contributed by atoms with van der Waals surface area (Å²) in [5, 5.41) is 10.6. The lowest BCUT2D eigenvalue weighted by molar-refractivity contribution is 0.0989. The van der Waals surface area contributed by atoms with E-state index in [-0.39, 0.29) is 0 Å². The molecule has 2 heterocycles. The second-order valence-corrected chi connectivity index (χ2v) is 9.31. The van der Waals surface area contributed by atoms with E-state index in [1.54, 1.807) is 0 Å². The minimum atomic E-state index is -0.861. The molecule has 29 heavy (non-hydrogen) atoms. The van der Waals surface area contributed by atoms with Crippen molar-refractivity contribution in [2.24, 2.45) is 0 Å². The van der Waals surface area contributed by atoms with Crippen molar-refractivity contribution in [3.63, 3.8) is 0 Å². The molecule has 0 fully saturated rings. The molecule has 0 saturated carbocycles. The van der Waals surface area contributed by atoms with E-state index in [4.69, 9.17) is 4.98 Å². The van der Waals surface area contributed by atoms with Gasteiger partial charge in [-0.1, -0.05) is 22.9 Å². The number of benzene rings is 1. The quantitative estimate of drug-likeness (QED) is 0.448. The highest BCUT2D eigenvalue weighted by atomic mass is 79.9. The first-order valence-electron chi connectivity index (χ1n) is 10.2. The molecule has 0 saturated heterocycles. The Bertz CT molecular complexity index is 1020. The maximum atomic E-state index is 11.6. The molecule has 3 rings (SSSR count). The van der Waals surface area contributed by atoms with Gasteiger partial charge in [0.05, 0.1) is 17.2 Å². The van der Waals surface area contributed by atoms with Gasteiger partial charge >= 0.3 is 6.09 Å². The van der Waals surface area contributed by atoms with E-state index in [1.165, 1.54) is 4.90 Å². The Morgan fingerprint density at radius 1 is 1.24 bits per heavy atom. The zero-order chi connectivity index (χ0) is 21.2. The van der Waals surface area contributed by atoms with Crippen LogP contribution >= 0.6 is 15.9 Å². The van der Waals surface area contributed by atoms with E-state index in [1.807, 2.05) is 39.1 Å². The largest absolute Gasteiger partial charge is 0.465 e. The van der Waals surface area contributed by atoms with Crippen LogP contribution in [0.25, 0.3) is 21.9 Å². The number of nitrogens with zero attached hydrogens (tertiary/aromatic N) is 4. The van der Waals surface area contributed by atoms with Crippen molar-refractivity contribution in [2.75, 3.05) is 6.54 Å². The highest BCUT2D eigenvalue weighted by Crippen LogP contribution is 2.28. The summed E-state index contributed by atoms with van der Waals surface area (Å²) in [6.45, 7) is 9.30. The number of hydrogen-bond acceptors (Lipinski definition) is 3. The van der Waals surface area contributed by atoms with Gasteiger partial charge in [-0.15, -0.1) is 0 Å². The molecule has 0 radical (unpaired) electrons. The molecule has 0 aliphatic heterocycles. The van der Waals surface area contributed by atoms with Crippen LogP contribution in [0.4, 0.5) is 4.79 Å². The molecule has 6 nitrogen and oxygen atoms in total. The molecular weight excluding hydrogens is 432 g/mol. The topological polar surface area (TPSA) is 71.2 Å². The second kappa shape index (κ2) is 8.69. The summed E-state index contributed by atoms with van der Waals surface area (Å²) < 4.78 is 3.31. The molecule has 2 aromatic heterocycles. The predicted molar refractivity (Wildman–Crippen MR) is 120 cm³/mol. The number of amides is 1. The third-order valence-corrected chi connectivity index (χ3v) is 5.64. The molecule has 0 aliphatic carbocycles. The zero-order valence-electron chi connectivity index (χ0n) is 17.6. The number of pyridine rings is 1. The molecule has 0 spiro atoms. The standard InChI is InChI=1S/C22H29BrN4O2/c1-5-8-19-25-18-14-24-17-13-15(23)9-10-16(17)20(18)26(19)11-6-7-12-27(21(28)29)22(2,3)4/h9-10,13-14H,5-8,11-12H2,1-4H3,(H,28,29). The van der Waals surface area contributed by atoms with Gasteiger partial charge in [-0.05, 0) is 58.2 Å². The summed E-state index contributed by atoms with van der Waals surface area (Å²) in [5.41, 5.74) is 2.60. The lowest BCUT2D eigenvalue weighted by Gasteiger charge is -2.33. The Morgan fingerprint density at radius 2 is 2.00 bits per heavy atom. The van der Waals surface area contributed by atoms with E-state index in [2.05, 4.69) is 38.5 Å². The van der Waals surface area contributed by atoms with Gasteiger partial charge in [-0.2, -0.15) is 0 Å². The van der Waals surface area contributed by atoms with E-state index >= 15 is 0 Å². The Kier molecular flexibility index (Phi) is 6.46. The van der Waals surface area contributed by atoms with Crippen molar-refractivity contribution in [2.45, 2.75) is 65.5 Å². The van der Waals surface area contributed by atoms with E-state index in [9.17, 15) is 9.90 Å². The smallest absolute Gasteiger partial charge is 0.407 e. The number of halogens is 1. The van der Waals surface area contributed by atoms with Crippen LogP contribution < -0.4 is 0 Å². The number of fused-ring (bicyclic) bond motifs is 3. The van der Waals surface area contributed by atoms with Gasteiger partial charge in [0.25, 0.3) is 0 Å². The Hall–Kier alpha value is -2.15. The van der Waals surface area contributed by atoms with Crippen LogP contribution in [0.5, 0.6) is 0 Å². The average Bonchev–Trinajstić information content (AvgIpc) is 2.98. The number of unbranched alkanes of at least 4 members (excludes halogenated alkanes) is 1. The number of carbonyl (C=O) groups is 1. The maximum absolute atomic E-state index is 11.6. The Balaban J connectivity index is 1.87. The van der Waals surface area contributed by atoms with Gasteiger partial charge in [0.15, 0.2) is 0 Å². The normalized spacial score (nSPS) is 12.0. The van der Waals surface area contributed by atoms with Crippen LogP contribution in [0, 0.1) is 0 Å². The molecule has 0 bridgehead atoms. The van der Waals surface area contributed by atoms with Crippen molar-refractivity contribution >= 4 is 44.0 Å². The predicted octanol–water partition coefficient (Wildman–Crippen LogP) is 5.86. The first kappa shape index (κ1) is 21.6. The molecule has 1 aromatic carbocycles. The number of hydrogen-bond donors (Lipinski definition) is 1. The number of imidazole rings is 1. The number of carboxylic acid groups (broad SMARTS) is 1. The minimum absolute atomic E-state index is 0.393. The minimum Gasteiger partial charge on any atom is -0.465 e. The van der Waals surface area contributed by atoms with Crippen molar-refractivity contribution in [1.29, 1.82) is 0 Å². The SMILES string of the molecule is CCCc1nc2cnc3cc(Br)ccc3c2n1CCCCN(C(=O)O)C(C)(C)C. The van der Waals surface area contributed by atoms with E-state index in [0.717, 1.165) is 64.5 Å². The summed E-state index contributed by atoms with van der Waals surface area (Å²) in [4.78, 5) is 22.5. The molecular formula is C22H29BrN4O2. The van der Waals surface area contributed by atoms with Crippen LogP contribution in [-0.4, -0.2) is 42.7 Å². The van der Waals surface area contributed by atoms with Gasteiger partial charge in [-0.25, -0.2) is 9.78 Å². The molecule has 156 valence electrons. The summed E-state index contributed by atoms with van der Waals surface area (Å²) in [6.07, 6.45) is 4.63. The van der Waals surface area contributed by atoms with Crippen LogP contribution in [0.1, 0.15) is 52.8 Å². The monoisotopic (exact) mass is 460 g/mol. The number of rotatable bonds is 7. The number of aryl methyl sites for hydroxylation is 2. The fourth-order valence-electron chi connectivity index (χ4n) is 3.75. The molecule has 1 N–H and O–H groups in total. The van der Waals surface area contributed by atoms with Gasteiger partial charge < -0.3 is 14.6 Å². The van der Waals surface area contributed by atoms with Crippen LogP contribution in [-0.2, 0) is 13.0 Å². The molecule has 7 heteroatoms. The zero-order valence-corrected chi connectivity index (χ0v) is 19.2. The molecule has 3 aromatic rings. The summed E-state index contributed by atoms with van der Waals surface area (Å²) in [7, 11) is 0. The second-order valence-electron chi connectivity index (χ2n) is 8.40. The maximum Gasteiger partial charge on any atom is 0.407 e. The fourth-order valence-corrected chi connectivity index (χ4v) is 4.10. The van der Waals surface area contributed by atoms with E-state index < -0.39 is 11.6 Å². The summed E-state index contributed by atoms with van der Waals surface area (Å²) in [5.74, 6) is 1.07. The Labute approximate surface area is 180 Å². The van der Waals surface area contributed by atoms with Crippen molar-refractivity contribution in [3.8, 4) is 0 Å². The third-order valence-electron chi connectivity index (χ3n) is 5.14. The van der Waals surface area contributed by atoms with Crippen LogP contribution in [0.3, 0.4) is 0 Å².